The van der Waals surface area contributed by atoms with E-state index < -0.39 is 0 Å². The number of benzene rings is 1. The molecule has 2 atom stereocenters. The third-order valence-electron chi connectivity index (χ3n) is 6.26. The van der Waals surface area contributed by atoms with Gasteiger partial charge < -0.3 is 9.80 Å². The largest absolute Gasteiger partial charge is 0.331 e. The molecule has 0 fully saturated rings. The van der Waals surface area contributed by atoms with Crippen LogP contribution in [0.1, 0.15) is 74.1 Å². The third-order valence-corrected chi connectivity index (χ3v) is 7.26. The van der Waals surface area contributed by atoms with E-state index in [1.807, 2.05) is 24.0 Å². The lowest BCUT2D eigenvalue weighted by Crippen LogP contribution is -2.49. The normalized spacial score (nSPS) is 16.8. The third kappa shape index (κ3) is 4.77. The van der Waals surface area contributed by atoms with E-state index in [0.29, 0.717) is 13.0 Å². The number of carbonyl (C=O) groups excluding carboxylic acids is 2. The summed E-state index contributed by atoms with van der Waals surface area (Å²) in [6.45, 7) is 9.18. The standard InChI is InChI=1S/C25H34N2O2S/c1-5-7-12-23(28)27(19(4)6-2)17-24(29)26-15-13-22-21(14-16-30-22)25(26)20-11-9-8-10-18(20)3/h8-11,14,16,19,25H,5-7,12-13,15,17H2,1-4H3/t19-,25+/m0/s1. The second kappa shape index (κ2) is 10.3. The van der Waals surface area contributed by atoms with Crippen molar-refractivity contribution in [3.05, 3.63) is 57.3 Å². The first-order chi connectivity index (χ1) is 14.5. The first kappa shape index (κ1) is 22.5. The van der Waals surface area contributed by atoms with E-state index in [2.05, 4.69) is 44.4 Å². The number of hydrogen-bond donors (Lipinski definition) is 0. The van der Waals surface area contributed by atoms with E-state index >= 15 is 0 Å². The molecule has 2 heterocycles. The number of fused-ring (bicyclic) bond motifs is 1. The molecule has 4 nitrogen and oxygen atoms in total. The molecule has 3 rings (SSSR count). The van der Waals surface area contributed by atoms with Crippen LogP contribution in [0.15, 0.2) is 35.7 Å². The molecule has 0 spiro atoms. The molecule has 5 heteroatoms. The summed E-state index contributed by atoms with van der Waals surface area (Å²) in [6.07, 6.45) is 4.10. The maximum Gasteiger partial charge on any atom is 0.243 e. The molecule has 162 valence electrons. The number of carbonyl (C=O) groups is 2. The van der Waals surface area contributed by atoms with Gasteiger partial charge in [0, 0.05) is 23.9 Å². The Balaban J connectivity index is 1.89. The Kier molecular flexibility index (Phi) is 7.70. The average Bonchev–Trinajstić information content (AvgIpc) is 3.24. The van der Waals surface area contributed by atoms with Gasteiger partial charge in [0.25, 0.3) is 0 Å². The highest BCUT2D eigenvalue weighted by atomic mass is 32.1. The van der Waals surface area contributed by atoms with Gasteiger partial charge in [-0.05, 0) is 61.2 Å². The van der Waals surface area contributed by atoms with Gasteiger partial charge in [0.2, 0.25) is 11.8 Å². The van der Waals surface area contributed by atoms with E-state index in [1.165, 1.54) is 21.6 Å². The van der Waals surface area contributed by atoms with Crippen molar-refractivity contribution in [1.82, 2.24) is 9.80 Å². The summed E-state index contributed by atoms with van der Waals surface area (Å²) in [4.78, 5) is 31.6. The van der Waals surface area contributed by atoms with Gasteiger partial charge in [0.05, 0.1) is 6.04 Å². The van der Waals surface area contributed by atoms with E-state index in [-0.39, 0.29) is 30.4 Å². The fraction of sp³-hybridized carbons (Fsp3) is 0.520. The smallest absolute Gasteiger partial charge is 0.243 e. The van der Waals surface area contributed by atoms with Crippen LogP contribution in [-0.2, 0) is 16.0 Å². The molecule has 0 bridgehead atoms. The number of thiophene rings is 1. The topological polar surface area (TPSA) is 40.6 Å². The van der Waals surface area contributed by atoms with Crippen molar-refractivity contribution in [3.8, 4) is 0 Å². The lowest BCUT2D eigenvalue weighted by Gasteiger charge is -2.39. The summed E-state index contributed by atoms with van der Waals surface area (Å²) in [5.74, 6) is 0.144. The molecule has 1 aromatic carbocycles. The first-order valence-corrected chi connectivity index (χ1v) is 12.1. The Hall–Kier alpha value is -2.14. The van der Waals surface area contributed by atoms with Gasteiger partial charge >= 0.3 is 0 Å². The Bertz CT molecular complexity index is 876. The lowest BCUT2D eigenvalue weighted by molar-refractivity contribution is -0.143. The molecular weight excluding hydrogens is 392 g/mol. The minimum Gasteiger partial charge on any atom is -0.331 e. The van der Waals surface area contributed by atoms with Crippen LogP contribution in [0, 0.1) is 6.92 Å². The number of rotatable bonds is 8. The Morgan fingerprint density at radius 2 is 1.97 bits per heavy atom. The molecule has 1 aromatic heterocycles. The van der Waals surface area contributed by atoms with Crippen molar-refractivity contribution < 1.29 is 9.59 Å². The second-order valence-electron chi connectivity index (χ2n) is 8.28. The minimum atomic E-state index is -0.0711. The molecule has 0 aliphatic carbocycles. The van der Waals surface area contributed by atoms with Crippen LogP contribution in [0.25, 0.3) is 0 Å². The SMILES string of the molecule is CCCCC(=O)N(CC(=O)N1CCc2sccc2[C@H]1c1ccccc1C)[C@@H](C)CC. The van der Waals surface area contributed by atoms with Gasteiger partial charge in [-0.15, -0.1) is 11.3 Å². The maximum absolute atomic E-state index is 13.6. The van der Waals surface area contributed by atoms with Crippen molar-refractivity contribution in [3.63, 3.8) is 0 Å². The van der Waals surface area contributed by atoms with Crippen LogP contribution in [0.3, 0.4) is 0 Å². The van der Waals surface area contributed by atoms with Crippen molar-refractivity contribution in [2.75, 3.05) is 13.1 Å². The Morgan fingerprint density at radius 1 is 1.20 bits per heavy atom. The molecule has 1 aliphatic heterocycles. The van der Waals surface area contributed by atoms with Crippen LogP contribution in [0.4, 0.5) is 0 Å². The molecule has 0 saturated carbocycles. The van der Waals surface area contributed by atoms with Crippen LogP contribution in [-0.4, -0.2) is 40.7 Å². The summed E-state index contributed by atoms with van der Waals surface area (Å²) in [5, 5.41) is 2.13. The zero-order valence-electron chi connectivity index (χ0n) is 18.7. The van der Waals surface area contributed by atoms with Gasteiger partial charge in [-0.2, -0.15) is 0 Å². The van der Waals surface area contributed by atoms with E-state index in [1.54, 1.807) is 16.2 Å². The maximum atomic E-state index is 13.6. The summed E-state index contributed by atoms with van der Waals surface area (Å²) in [7, 11) is 0. The molecule has 0 saturated heterocycles. The number of amides is 2. The fourth-order valence-corrected chi connectivity index (χ4v) is 5.14. The van der Waals surface area contributed by atoms with E-state index in [0.717, 1.165) is 25.7 Å². The van der Waals surface area contributed by atoms with Gasteiger partial charge in [-0.3, -0.25) is 9.59 Å². The van der Waals surface area contributed by atoms with Gasteiger partial charge in [0.1, 0.15) is 6.54 Å². The van der Waals surface area contributed by atoms with Crippen LogP contribution < -0.4 is 0 Å². The van der Waals surface area contributed by atoms with Gasteiger partial charge in [-0.25, -0.2) is 0 Å². The highest BCUT2D eigenvalue weighted by molar-refractivity contribution is 7.10. The van der Waals surface area contributed by atoms with Crippen LogP contribution in [0.2, 0.25) is 0 Å². The summed E-state index contributed by atoms with van der Waals surface area (Å²) >= 11 is 1.78. The van der Waals surface area contributed by atoms with Crippen molar-refractivity contribution in [1.29, 1.82) is 0 Å². The number of unbranched alkanes of at least 4 members (excludes halogenated alkanes) is 1. The van der Waals surface area contributed by atoms with Crippen molar-refractivity contribution >= 4 is 23.2 Å². The Labute approximate surface area is 184 Å². The van der Waals surface area contributed by atoms with Crippen LogP contribution in [0.5, 0.6) is 0 Å². The summed E-state index contributed by atoms with van der Waals surface area (Å²) < 4.78 is 0. The average molecular weight is 427 g/mol. The zero-order chi connectivity index (χ0) is 21.7. The predicted octanol–water partition coefficient (Wildman–Crippen LogP) is 5.35. The van der Waals surface area contributed by atoms with Gasteiger partial charge in [-0.1, -0.05) is 44.5 Å². The number of hydrogen-bond acceptors (Lipinski definition) is 3. The molecule has 1 aliphatic rings. The molecule has 30 heavy (non-hydrogen) atoms. The molecule has 0 unspecified atom stereocenters. The fourth-order valence-electron chi connectivity index (χ4n) is 4.23. The van der Waals surface area contributed by atoms with Gasteiger partial charge in [0.15, 0.2) is 0 Å². The Morgan fingerprint density at radius 3 is 2.67 bits per heavy atom. The quantitative estimate of drug-likeness (QED) is 0.571. The lowest BCUT2D eigenvalue weighted by atomic mass is 9.90. The monoisotopic (exact) mass is 426 g/mol. The predicted molar refractivity (Wildman–Crippen MR) is 124 cm³/mol. The van der Waals surface area contributed by atoms with E-state index in [4.69, 9.17) is 0 Å². The van der Waals surface area contributed by atoms with Crippen molar-refractivity contribution in [2.24, 2.45) is 0 Å². The molecule has 0 radical (unpaired) electrons. The number of nitrogens with zero attached hydrogens (tertiary/aromatic N) is 2. The summed E-state index contributed by atoms with van der Waals surface area (Å²) in [6, 6.07) is 10.5. The number of aryl methyl sites for hydroxylation is 1. The zero-order valence-corrected chi connectivity index (χ0v) is 19.5. The highest BCUT2D eigenvalue weighted by Gasteiger charge is 2.35. The van der Waals surface area contributed by atoms with E-state index in [9.17, 15) is 9.59 Å². The van der Waals surface area contributed by atoms with Crippen LogP contribution >= 0.6 is 11.3 Å². The first-order valence-electron chi connectivity index (χ1n) is 11.2. The highest BCUT2D eigenvalue weighted by Crippen LogP contribution is 2.39. The second-order valence-corrected chi connectivity index (χ2v) is 9.28. The van der Waals surface area contributed by atoms with Crippen molar-refractivity contribution in [2.45, 2.75) is 71.9 Å². The summed E-state index contributed by atoms with van der Waals surface area (Å²) in [5.41, 5.74) is 3.61. The molecule has 2 amide bonds. The molecule has 2 aromatic rings. The molecular formula is C25H34N2O2S. The molecule has 0 N–H and O–H groups in total. The minimum absolute atomic E-state index is 0.0465.